The molecular weight excluding hydrogens is 445 g/mol. The zero-order valence-electron chi connectivity index (χ0n) is 18.2. The normalized spacial score (nSPS) is 12.9. The molecule has 0 atom stereocenters. The van der Waals surface area contributed by atoms with E-state index < -0.39 is 5.82 Å². The molecule has 1 saturated carbocycles. The molecule has 9 heteroatoms. The predicted octanol–water partition coefficient (Wildman–Crippen LogP) is 4.09. The minimum absolute atomic E-state index is 0.139. The molecule has 1 aromatic heterocycles. The van der Waals surface area contributed by atoms with E-state index in [0.717, 1.165) is 29.5 Å². The maximum Gasteiger partial charge on any atom is 0.221 e. The number of hydrogen-bond donors (Lipinski definition) is 2. The Labute approximate surface area is 196 Å². The number of nitrogens with zero attached hydrogens (tertiary/aromatic N) is 3. The largest absolute Gasteiger partial charge is 0.495 e. The van der Waals surface area contributed by atoms with E-state index in [1.807, 2.05) is 41.3 Å². The average Bonchev–Trinajstić information content (AvgIpc) is 3.64. The van der Waals surface area contributed by atoms with Crippen LogP contribution in [-0.2, 0) is 24.3 Å². The highest BCUT2D eigenvalue weighted by Gasteiger charge is 2.32. The number of carbonyl (C=O) groups is 1. The monoisotopic (exact) mass is 469 g/mol. The van der Waals surface area contributed by atoms with E-state index >= 15 is 4.39 Å². The van der Waals surface area contributed by atoms with Crippen molar-refractivity contribution in [1.82, 2.24) is 9.97 Å². The highest BCUT2D eigenvalue weighted by atomic mass is 35.5. The van der Waals surface area contributed by atoms with Gasteiger partial charge in [-0.05, 0) is 41.7 Å². The number of ether oxygens (including phenoxy) is 1. The van der Waals surface area contributed by atoms with E-state index in [0.29, 0.717) is 23.9 Å². The van der Waals surface area contributed by atoms with E-state index in [1.165, 1.54) is 6.33 Å². The smallest absolute Gasteiger partial charge is 0.221 e. The van der Waals surface area contributed by atoms with Gasteiger partial charge in [0, 0.05) is 19.1 Å². The zero-order valence-corrected chi connectivity index (χ0v) is 19.0. The number of methoxy groups -OCH3 is 1. The molecule has 1 heterocycles. The fourth-order valence-corrected chi connectivity index (χ4v) is 3.80. The summed E-state index contributed by atoms with van der Waals surface area (Å²) in [5, 5.41) is 3.58. The Hall–Kier alpha value is -3.39. The van der Waals surface area contributed by atoms with Gasteiger partial charge in [0.2, 0.25) is 11.7 Å². The van der Waals surface area contributed by atoms with Crippen molar-refractivity contribution in [1.29, 1.82) is 0 Å². The van der Waals surface area contributed by atoms with Gasteiger partial charge in [-0.2, -0.15) is 4.39 Å². The van der Waals surface area contributed by atoms with Crippen LogP contribution in [0, 0.1) is 5.82 Å². The van der Waals surface area contributed by atoms with E-state index in [-0.39, 0.29) is 30.0 Å². The Kier molecular flexibility index (Phi) is 6.93. The predicted molar refractivity (Wildman–Crippen MR) is 126 cm³/mol. The molecule has 0 unspecified atom stereocenters. The fourth-order valence-electron chi connectivity index (χ4n) is 3.61. The first kappa shape index (κ1) is 22.8. The molecule has 33 heavy (non-hydrogen) atoms. The van der Waals surface area contributed by atoms with Crippen LogP contribution in [0.5, 0.6) is 5.75 Å². The van der Waals surface area contributed by atoms with Crippen molar-refractivity contribution in [2.24, 2.45) is 5.73 Å². The molecule has 0 radical (unpaired) electrons. The number of nitrogens with one attached hydrogen (secondary N) is 1. The molecule has 2 aromatic carbocycles. The standard InChI is InChI=1S/C24H25ClFN5O2/c1-33-20-10-17(6-9-19(20)25)13-31(18-7-8-18)24-22(26)23(29-14-30-24)28-12-16-4-2-15(3-5-16)11-21(27)32/h2-6,9-10,14,18H,7-8,11-13H2,1H3,(H2,27,32)(H,28,29,30). The molecule has 3 N–H and O–H groups in total. The maximum atomic E-state index is 15.4. The van der Waals surface area contributed by atoms with Gasteiger partial charge in [-0.25, -0.2) is 9.97 Å². The third-order valence-corrected chi connectivity index (χ3v) is 5.77. The first-order valence-electron chi connectivity index (χ1n) is 10.6. The second-order valence-corrected chi connectivity index (χ2v) is 8.41. The minimum Gasteiger partial charge on any atom is -0.495 e. The van der Waals surface area contributed by atoms with Crippen LogP contribution in [0.15, 0.2) is 48.8 Å². The van der Waals surface area contributed by atoms with Gasteiger partial charge in [-0.3, -0.25) is 4.79 Å². The van der Waals surface area contributed by atoms with Gasteiger partial charge < -0.3 is 20.7 Å². The van der Waals surface area contributed by atoms with Gasteiger partial charge >= 0.3 is 0 Å². The molecule has 4 rings (SSSR count). The lowest BCUT2D eigenvalue weighted by atomic mass is 10.1. The molecule has 3 aromatic rings. The van der Waals surface area contributed by atoms with Crippen molar-refractivity contribution in [3.63, 3.8) is 0 Å². The maximum absolute atomic E-state index is 15.4. The third kappa shape index (κ3) is 5.70. The molecule has 1 fully saturated rings. The van der Waals surface area contributed by atoms with E-state index in [2.05, 4.69) is 15.3 Å². The number of hydrogen-bond acceptors (Lipinski definition) is 6. The Morgan fingerprint density at radius 3 is 2.55 bits per heavy atom. The summed E-state index contributed by atoms with van der Waals surface area (Å²) in [5.41, 5.74) is 7.94. The number of primary amides is 1. The average molecular weight is 470 g/mol. The van der Waals surface area contributed by atoms with Gasteiger partial charge in [0.25, 0.3) is 0 Å². The Morgan fingerprint density at radius 1 is 1.18 bits per heavy atom. The molecule has 1 amide bonds. The summed E-state index contributed by atoms with van der Waals surface area (Å²) < 4.78 is 20.7. The first-order chi connectivity index (χ1) is 15.9. The quantitative estimate of drug-likeness (QED) is 0.464. The number of halogens is 2. The minimum atomic E-state index is -0.490. The molecule has 0 aliphatic heterocycles. The van der Waals surface area contributed by atoms with Gasteiger partial charge in [-0.1, -0.05) is 41.9 Å². The summed E-state index contributed by atoms with van der Waals surface area (Å²) in [6.45, 7) is 0.856. The van der Waals surface area contributed by atoms with Crippen LogP contribution in [0.4, 0.5) is 16.0 Å². The van der Waals surface area contributed by atoms with Gasteiger partial charge in [0.05, 0.1) is 18.6 Å². The lowest BCUT2D eigenvalue weighted by Gasteiger charge is -2.25. The van der Waals surface area contributed by atoms with Crippen LogP contribution in [0.25, 0.3) is 0 Å². The Balaban J connectivity index is 1.49. The molecule has 0 saturated heterocycles. The fraction of sp³-hybridized carbons (Fsp3) is 0.292. The van der Waals surface area contributed by atoms with E-state index in [1.54, 1.807) is 13.2 Å². The highest BCUT2D eigenvalue weighted by molar-refractivity contribution is 6.32. The lowest BCUT2D eigenvalue weighted by molar-refractivity contribution is -0.117. The van der Waals surface area contributed by atoms with Gasteiger partial charge in [0.1, 0.15) is 12.1 Å². The van der Waals surface area contributed by atoms with Gasteiger partial charge in [0.15, 0.2) is 11.6 Å². The first-order valence-corrected chi connectivity index (χ1v) is 11.0. The number of benzene rings is 2. The second-order valence-electron chi connectivity index (χ2n) is 8.00. The Bertz CT molecular complexity index is 1140. The van der Waals surface area contributed by atoms with Crippen LogP contribution in [-0.4, -0.2) is 29.0 Å². The van der Waals surface area contributed by atoms with Crippen LogP contribution in [0.1, 0.15) is 29.5 Å². The summed E-state index contributed by atoms with van der Waals surface area (Å²) in [6.07, 6.45) is 3.52. The summed E-state index contributed by atoms with van der Waals surface area (Å²) in [6, 6.07) is 13.2. The van der Waals surface area contributed by atoms with Crippen molar-refractivity contribution in [3.8, 4) is 5.75 Å². The number of rotatable bonds is 10. The zero-order chi connectivity index (χ0) is 23.4. The highest BCUT2D eigenvalue weighted by Crippen LogP contribution is 2.35. The van der Waals surface area contributed by atoms with Crippen molar-refractivity contribution < 1.29 is 13.9 Å². The summed E-state index contributed by atoms with van der Waals surface area (Å²) in [4.78, 5) is 21.3. The molecule has 7 nitrogen and oxygen atoms in total. The van der Waals surface area contributed by atoms with Crippen LogP contribution in [0.2, 0.25) is 5.02 Å². The molecular formula is C24H25ClFN5O2. The second kappa shape index (κ2) is 10.0. The molecule has 0 bridgehead atoms. The SMILES string of the molecule is COc1cc(CN(c2ncnc(NCc3ccc(CC(N)=O)cc3)c2F)C2CC2)ccc1Cl. The third-order valence-electron chi connectivity index (χ3n) is 5.46. The van der Waals surface area contributed by atoms with Crippen LogP contribution in [0.3, 0.4) is 0 Å². The van der Waals surface area contributed by atoms with Crippen molar-refractivity contribution in [2.75, 3.05) is 17.3 Å². The van der Waals surface area contributed by atoms with Gasteiger partial charge in [-0.15, -0.1) is 0 Å². The summed E-state index contributed by atoms with van der Waals surface area (Å²) in [7, 11) is 1.57. The lowest BCUT2D eigenvalue weighted by Crippen LogP contribution is -2.27. The van der Waals surface area contributed by atoms with Crippen molar-refractivity contribution >= 4 is 29.1 Å². The van der Waals surface area contributed by atoms with E-state index in [4.69, 9.17) is 22.1 Å². The number of carbonyl (C=O) groups excluding carboxylic acids is 1. The topological polar surface area (TPSA) is 93.4 Å². The molecule has 1 aliphatic carbocycles. The summed E-state index contributed by atoms with van der Waals surface area (Å²) in [5.74, 6) is 0.114. The van der Waals surface area contributed by atoms with Crippen molar-refractivity contribution in [3.05, 3.63) is 76.3 Å². The van der Waals surface area contributed by atoms with Crippen molar-refractivity contribution in [2.45, 2.75) is 38.4 Å². The number of aromatic nitrogens is 2. The number of amides is 1. The Morgan fingerprint density at radius 2 is 1.88 bits per heavy atom. The summed E-state index contributed by atoms with van der Waals surface area (Å²) >= 11 is 6.14. The molecule has 172 valence electrons. The van der Waals surface area contributed by atoms with Crippen LogP contribution >= 0.6 is 11.6 Å². The van der Waals surface area contributed by atoms with E-state index in [9.17, 15) is 4.79 Å². The molecule has 0 spiro atoms. The molecule has 1 aliphatic rings. The number of nitrogens with two attached hydrogens (primary N) is 1. The van der Waals surface area contributed by atoms with Crippen LogP contribution < -0.4 is 20.7 Å². The number of anilines is 2.